The molecule has 0 unspecified atom stereocenters. The first-order valence-corrected chi connectivity index (χ1v) is 11.5. The molecule has 7 nitrogen and oxygen atoms in total. The van der Waals surface area contributed by atoms with E-state index in [1.54, 1.807) is 11.7 Å². The molecule has 7 heteroatoms. The maximum Gasteiger partial charge on any atom is 0.255 e. The van der Waals surface area contributed by atoms with Crippen LogP contribution in [0.4, 0.5) is 0 Å². The van der Waals surface area contributed by atoms with Gasteiger partial charge in [0.1, 0.15) is 11.4 Å². The average molecular weight is 459 g/mol. The van der Waals surface area contributed by atoms with Gasteiger partial charge in [0.2, 0.25) is 5.91 Å². The summed E-state index contributed by atoms with van der Waals surface area (Å²) in [4.78, 5) is 26.1. The molecule has 0 saturated carbocycles. The monoisotopic (exact) mass is 458 g/mol. The lowest BCUT2D eigenvalue weighted by atomic mass is 10.0. The molecule has 0 saturated heterocycles. The average Bonchev–Trinajstić information content (AvgIpc) is 3.20. The maximum atomic E-state index is 13.5. The number of aryl methyl sites for hydroxylation is 3. The molecule has 0 aliphatic carbocycles. The van der Waals surface area contributed by atoms with E-state index < -0.39 is 0 Å². The number of carbonyl (C=O) groups is 1. The number of hydrogen-bond donors (Lipinski definition) is 1. The summed E-state index contributed by atoms with van der Waals surface area (Å²) in [7, 11) is 1.61. The minimum absolute atomic E-state index is 0.0675. The van der Waals surface area contributed by atoms with E-state index in [9.17, 15) is 9.59 Å². The summed E-state index contributed by atoms with van der Waals surface area (Å²) in [6.07, 6.45) is 0.598. The van der Waals surface area contributed by atoms with E-state index in [1.165, 1.54) is 0 Å². The molecule has 2 aromatic heterocycles. The Morgan fingerprint density at radius 3 is 2.47 bits per heavy atom. The Kier molecular flexibility index (Phi) is 6.82. The number of amides is 1. The van der Waals surface area contributed by atoms with Crippen LogP contribution in [0.3, 0.4) is 0 Å². The van der Waals surface area contributed by atoms with Gasteiger partial charge < -0.3 is 10.1 Å². The molecule has 1 amide bonds. The van der Waals surface area contributed by atoms with Crippen LogP contribution >= 0.6 is 0 Å². The molecule has 4 rings (SSSR count). The summed E-state index contributed by atoms with van der Waals surface area (Å²) in [5.74, 6) is 0.630. The van der Waals surface area contributed by atoms with Gasteiger partial charge in [0, 0.05) is 36.0 Å². The van der Waals surface area contributed by atoms with E-state index in [1.807, 2.05) is 80.1 Å². The fraction of sp³-hybridized carbons (Fsp3) is 0.296. The minimum atomic E-state index is -0.107. The van der Waals surface area contributed by atoms with Crippen LogP contribution in [0.2, 0.25) is 0 Å². The van der Waals surface area contributed by atoms with Crippen LogP contribution in [0.15, 0.2) is 59.4 Å². The van der Waals surface area contributed by atoms with E-state index in [0.29, 0.717) is 25.1 Å². The van der Waals surface area contributed by atoms with Crippen molar-refractivity contribution in [1.29, 1.82) is 0 Å². The van der Waals surface area contributed by atoms with Crippen molar-refractivity contribution in [2.75, 3.05) is 7.11 Å². The quantitative estimate of drug-likeness (QED) is 0.432. The van der Waals surface area contributed by atoms with Crippen molar-refractivity contribution in [3.05, 3.63) is 87.3 Å². The molecule has 2 aromatic carbocycles. The van der Waals surface area contributed by atoms with Crippen molar-refractivity contribution in [1.82, 2.24) is 19.7 Å². The molecule has 0 atom stereocenters. The fourth-order valence-corrected chi connectivity index (χ4v) is 4.48. The highest BCUT2D eigenvalue weighted by molar-refractivity contribution is 5.85. The van der Waals surface area contributed by atoms with Gasteiger partial charge in [0.15, 0.2) is 0 Å². The number of aromatic nitrogens is 3. The lowest BCUT2D eigenvalue weighted by Gasteiger charge is -2.14. The van der Waals surface area contributed by atoms with E-state index in [2.05, 4.69) is 5.32 Å². The van der Waals surface area contributed by atoms with Crippen molar-refractivity contribution >= 4 is 16.9 Å². The first-order valence-electron chi connectivity index (χ1n) is 11.5. The zero-order chi connectivity index (χ0) is 24.2. The van der Waals surface area contributed by atoms with Gasteiger partial charge in [-0.2, -0.15) is 5.10 Å². The first kappa shape index (κ1) is 23.3. The van der Waals surface area contributed by atoms with Crippen molar-refractivity contribution in [2.24, 2.45) is 0 Å². The Morgan fingerprint density at radius 2 is 1.76 bits per heavy atom. The standard InChI is InChI=1S/C27H30N4O3/c1-5-30-26-25(19(3)29-31(26)21-12-7-6-8-13-21)18(2)22(27(30)33)15-16-24(32)28-17-20-11-9-10-14-23(20)34-4/h6-14H,5,15-17H2,1-4H3,(H,28,32). The molecule has 0 spiro atoms. The third-order valence-corrected chi connectivity index (χ3v) is 6.21. The molecule has 0 bridgehead atoms. The molecule has 34 heavy (non-hydrogen) atoms. The molecular weight excluding hydrogens is 428 g/mol. The minimum Gasteiger partial charge on any atom is -0.496 e. The number of nitrogens with one attached hydrogen (secondary N) is 1. The van der Waals surface area contributed by atoms with Crippen LogP contribution < -0.4 is 15.6 Å². The number of para-hydroxylation sites is 2. The lowest BCUT2D eigenvalue weighted by molar-refractivity contribution is -0.121. The number of nitrogens with zero attached hydrogens (tertiary/aromatic N) is 3. The van der Waals surface area contributed by atoms with Crippen molar-refractivity contribution in [2.45, 2.75) is 46.7 Å². The molecule has 0 radical (unpaired) electrons. The van der Waals surface area contributed by atoms with Crippen LogP contribution in [0, 0.1) is 13.8 Å². The summed E-state index contributed by atoms with van der Waals surface area (Å²) in [5.41, 5.74) is 4.96. The second-order valence-electron chi connectivity index (χ2n) is 8.27. The van der Waals surface area contributed by atoms with E-state index in [0.717, 1.165) is 39.3 Å². The highest BCUT2D eigenvalue weighted by Crippen LogP contribution is 2.26. The van der Waals surface area contributed by atoms with E-state index >= 15 is 0 Å². The zero-order valence-electron chi connectivity index (χ0n) is 20.1. The summed E-state index contributed by atoms with van der Waals surface area (Å²) < 4.78 is 8.95. The van der Waals surface area contributed by atoms with E-state index in [-0.39, 0.29) is 17.9 Å². The summed E-state index contributed by atoms with van der Waals surface area (Å²) in [6, 6.07) is 17.4. The molecule has 1 N–H and O–H groups in total. The number of benzene rings is 2. The first-order chi connectivity index (χ1) is 16.5. The number of methoxy groups -OCH3 is 1. The van der Waals surface area contributed by atoms with Crippen LogP contribution in [0.5, 0.6) is 5.75 Å². The van der Waals surface area contributed by atoms with Crippen LogP contribution in [0.1, 0.15) is 35.7 Å². The van der Waals surface area contributed by atoms with Crippen molar-refractivity contribution in [3.63, 3.8) is 0 Å². The van der Waals surface area contributed by atoms with E-state index in [4.69, 9.17) is 9.84 Å². The maximum absolute atomic E-state index is 13.5. The lowest BCUT2D eigenvalue weighted by Crippen LogP contribution is -2.28. The Labute approximate surface area is 199 Å². The number of pyridine rings is 1. The van der Waals surface area contributed by atoms with Gasteiger partial charge in [-0.3, -0.25) is 14.2 Å². The number of hydrogen-bond acceptors (Lipinski definition) is 4. The summed E-state index contributed by atoms with van der Waals surface area (Å²) in [5, 5.41) is 8.66. The largest absolute Gasteiger partial charge is 0.496 e. The second-order valence-corrected chi connectivity index (χ2v) is 8.27. The summed E-state index contributed by atoms with van der Waals surface area (Å²) in [6.45, 7) is 6.76. The Morgan fingerprint density at radius 1 is 1.06 bits per heavy atom. The molecule has 0 fully saturated rings. The fourth-order valence-electron chi connectivity index (χ4n) is 4.48. The topological polar surface area (TPSA) is 78.2 Å². The summed E-state index contributed by atoms with van der Waals surface area (Å²) >= 11 is 0. The molecular formula is C27H30N4O3. The Hall–Kier alpha value is -3.87. The third-order valence-electron chi connectivity index (χ3n) is 6.21. The molecule has 176 valence electrons. The van der Waals surface area contributed by atoms with Crippen LogP contribution in [-0.4, -0.2) is 27.4 Å². The predicted molar refractivity (Wildman–Crippen MR) is 134 cm³/mol. The third kappa shape index (κ3) is 4.33. The normalized spacial score (nSPS) is 11.1. The van der Waals surface area contributed by atoms with Gasteiger partial charge in [-0.1, -0.05) is 36.4 Å². The van der Waals surface area contributed by atoms with Gasteiger partial charge in [0.25, 0.3) is 5.56 Å². The molecule has 2 heterocycles. The zero-order valence-corrected chi connectivity index (χ0v) is 20.1. The number of carbonyl (C=O) groups excluding carboxylic acids is 1. The van der Waals surface area contributed by atoms with Gasteiger partial charge in [-0.05, 0) is 51.0 Å². The highest BCUT2D eigenvalue weighted by Gasteiger charge is 2.21. The number of ether oxygens (including phenoxy) is 1. The van der Waals surface area contributed by atoms with Crippen molar-refractivity contribution in [3.8, 4) is 11.4 Å². The van der Waals surface area contributed by atoms with Gasteiger partial charge in [-0.15, -0.1) is 0 Å². The van der Waals surface area contributed by atoms with Crippen LogP contribution in [-0.2, 0) is 24.3 Å². The highest BCUT2D eigenvalue weighted by atomic mass is 16.5. The Bertz CT molecular complexity index is 1390. The van der Waals surface area contributed by atoms with Crippen molar-refractivity contribution < 1.29 is 9.53 Å². The van der Waals surface area contributed by atoms with Gasteiger partial charge >= 0.3 is 0 Å². The van der Waals surface area contributed by atoms with Gasteiger partial charge in [0.05, 0.1) is 18.5 Å². The second kappa shape index (κ2) is 9.95. The molecule has 4 aromatic rings. The molecule has 0 aliphatic heterocycles. The Balaban J connectivity index is 1.62. The van der Waals surface area contributed by atoms with Crippen LogP contribution in [0.25, 0.3) is 16.7 Å². The van der Waals surface area contributed by atoms with Gasteiger partial charge in [-0.25, -0.2) is 4.68 Å². The predicted octanol–water partition coefficient (Wildman–Crippen LogP) is 4.08. The smallest absolute Gasteiger partial charge is 0.255 e. The SMILES string of the molecule is CCn1c(=O)c(CCC(=O)NCc2ccccc2OC)c(C)c2c(C)nn(-c3ccccc3)c21. The molecule has 0 aliphatic rings. The number of rotatable bonds is 8. The number of fused-ring (bicyclic) bond motifs is 1.